The predicted molar refractivity (Wildman–Crippen MR) is 146 cm³/mol. The normalized spacial score (nSPS) is 40.4. The molecule has 0 aliphatic heterocycles. The molecule has 4 rings (SSSR count). The average molecular weight is 576 g/mol. The van der Waals surface area contributed by atoms with E-state index < -0.39 is 82.6 Å². The van der Waals surface area contributed by atoms with Gasteiger partial charge in [0, 0.05) is 48.3 Å². The zero-order valence-corrected chi connectivity index (χ0v) is 24.7. The molecule has 41 heavy (non-hydrogen) atoms. The molecule has 0 aromatic rings. The van der Waals surface area contributed by atoms with Crippen molar-refractivity contribution in [2.75, 3.05) is 6.61 Å². The van der Waals surface area contributed by atoms with Crippen LogP contribution >= 0.6 is 0 Å². The average Bonchev–Trinajstić information content (AvgIpc) is 3.30. The van der Waals surface area contributed by atoms with E-state index in [0.29, 0.717) is 30.2 Å². The number of diazo groups is 1. The first-order chi connectivity index (χ1) is 19.2. The minimum Gasteiger partial charge on any atom is -0.476 e. The largest absolute Gasteiger partial charge is 0.476 e. The Morgan fingerprint density at radius 2 is 1.76 bits per heavy atom. The molecule has 0 spiro atoms. The molecule has 2 fully saturated rings. The van der Waals surface area contributed by atoms with Gasteiger partial charge in [0.2, 0.25) is 5.39 Å². The van der Waals surface area contributed by atoms with Gasteiger partial charge in [-0.1, -0.05) is 46.8 Å². The van der Waals surface area contributed by atoms with Crippen LogP contribution < -0.4 is 0 Å². The highest BCUT2D eigenvalue weighted by atomic mass is 16.6. The Morgan fingerprint density at radius 3 is 2.34 bits per heavy atom. The minimum absolute atomic E-state index is 0.0994. The second kappa shape index (κ2) is 10.7. The summed E-state index contributed by atoms with van der Waals surface area (Å²) in [6.45, 7) is 10.6. The van der Waals surface area contributed by atoms with Gasteiger partial charge in [0.15, 0.2) is 16.7 Å². The third kappa shape index (κ3) is 4.46. The number of fused-ring (bicyclic) bond motifs is 5. The molecule has 0 aromatic carbocycles. The van der Waals surface area contributed by atoms with Crippen molar-refractivity contribution in [1.29, 1.82) is 5.39 Å². The lowest BCUT2D eigenvalue weighted by molar-refractivity contribution is -0.237. The third-order valence-electron chi connectivity index (χ3n) is 9.98. The van der Waals surface area contributed by atoms with Gasteiger partial charge in [0.1, 0.15) is 11.7 Å². The number of aliphatic hydroxyl groups excluding tert-OH is 2. The van der Waals surface area contributed by atoms with Crippen LogP contribution in [0.15, 0.2) is 35.4 Å². The van der Waals surface area contributed by atoms with E-state index in [4.69, 9.17) is 19.6 Å². The van der Waals surface area contributed by atoms with Gasteiger partial charge in [0.05, 0.1) is 12.2 Å². The Bertz CT molecular complexity index is 1220. The molecule has 9 atom stereocenters. The molecule has 4 N–H and O–H groups in total. The summed E-state index contributed by atoms with van der Waals surface area (Å²) in [6.07, 6.45) is 3.31. The molecule has 4 aliphatic carbocycles. The highest BCUT2D eigenvalue weighted by Gasteiger charge is 2.88. The molecule has 0 heterocycles. The molecule has 2 saturated carbocycles. The number of hydrogen-bond donors (Lipinski definition) is 4. The fraction of sp³-hybridized carbons (Fsp3) is 0.733. The number of rotatable bonds is 9. The summed E-state index contributed by atoms with van der Waals surface area (Å²) in [4.78, 5) is 28.7. The number of aliphatic hydroxyl groups is 4. The molecule has 0 amide bonds. The molecule has 226 valence electrons. The number of carbonyl (C=O) groups excluding carboxylic acids is 2. The number of hydrogen-bond acceptors (Lipinski definition) is 10. The molecule has 0 unspecified atom stereocenters. The van der Waals surface area contributed by atoms with E-state index in [0.717, 1.165) is 0 Å². The zero-order valence-electron chi connectivity index (χ0n) is 24.7. The Morgan fingerprint density at radius 1 is 1.12 bits per heavy atom. The molecule has 0 radical (unpaired) electrons. The number of esters is 2. The van der Waals surface area contributed by atoms with Crippen LogP contribution in [-0.2, 0) is 23.8 Å². The van der Waals surface area contributed by atoms with E-state index in [1.165, 1.54) is 0 Å². The third-order valence-corrected chi connectivity index (χ3v) is 9.98. The molecular formula is C30H43N2O9+. The van der Waals surface area contributed by atoms with Crippen molar-refractivity contribution in [1.82, 2.24) is 0 Å². The topological polar surface area (TPSA) is 171 Å². The van der Waals surface area contributed by atoms with Crippen molar-refractivity contribution < 1.29 is 44.2 Å². The predicted octanol–water partition coefficient (Wildman–Crippen LogP) is 3.66. The maximum Gasteiger partial charge on any atom is 0.429 e. The second-order valence-electron chi connectivity index (χ2n) is 12.7. The molecule has 0 saturated heterocycles. The highest BCUT2D eigenvalue weighted by molar-refractivity contribution is 5.72. The molecule has 0 aromatic heterocycles. The standard InChI is InChI=1S/C30H42N2O9/c1-7-9-21(34)39-26-17(4)29(38)19(24-27(5,6)30(24,26)41-22(35)10-8-2)12-18(15-33)13-28(37)20(29)11-16(3)25(28)40-23(36)14-32-31/h11-12,14,17,19-20,24-26,33,37-38H,7-10,13,15H2,1-6H3/p+1/b23-14-/t17-,19+,20-,24-,25+,26-,28-,29-,30-/m1/s1. The van der Waals surface area contributed by atoms with Gasteiger partial charge in [-0.3, -0.25) is 9.59 Å². The van der Waals surface area contributed by atoms with Gasteiger partial charge in [-0.25, -0.2) is 0 Å². The maximum atomic E-state index is 13.0. The summed E-state index contributed by atoms with van der Waals surface area (Å²) in [6, 6.07) is 0. The van der Waals surface area contributed by atoms with Gasteiger partial charge in [-0.05, 0) is 30.9 Å². The van der Waals surface area contributed by atoms with Crippen LogP contribution in [0, 0.1) is 34.5 Å². The van der Waals surface area contributed by atoms with Gasteiger partial charge >= 0.3 is 24.1 Å². The Balaban J connectivity index is 1.90. The van der Waals surface area contributed by atoms with Crippen LogP contribution in [0.1, 0.15) is 73.6 Å². The van der Waals surface area contributed by atoms with Crippen molar-refractivity contribution in [2.24, 2.45) is 29.1 Å². The fourth-order valence-corrected chi connectivity index (χ4v) is 8.22. The van der Waals surface area contributed by atoms with Crippen LogP contribution in [-0.4, -0.2) is 68.0 Å². The first-order valence-electron chi connectivity index (χ1n) is 14.4. The molecule has 11 nitrogen and oxygen atoms in total. The fourth-order valence-electron chi connectivity index (χ4n) is 8.22. The van der Waals surface area contributed by atoms with Crippen molar-refractivity contribution in [3.8, 4) is 0 Å². The summed E-state index contributed by atoms with van der Waals surface area (Å²) in [5, 5.41) is 54.6. The Hall–Kier alpha value is -2.94. The van der Waals surface area contributed by atoms with Crippen LogP contribution in [0.5, 0.6) is 0 Å². The monoisotopic (exact) mass is 575 g/mol. The van der Waals surface area contributed by atoms with Gasteiger partial charge in [0.25, 0.3) is 0 Å². The van der Waals surface area contributed by atoms with Crippen molar-refractivity contribution in [3.05, 3.63) is 40.4 Å². The molecule has 4 aliphatic rings. The van der Waals surface area contributed by atoms with Crippen LogP contribution in [0.2, 0.25) is 0 Å². The lowest BCUT2D eigenvalue weighted by Crippen LogP contribution is -2.66. The quantitative estimate of drug-likeness (QED) is 0.138. The Kier molecular flexibility index (Phi) is 8.10. The first-order valence-corrected chi connectivity index (χ1v) is 14.4. The van der Waals surface area contributed by atoms with E-state index in [-0.39, 0.29) is 19.3 Å². The molecule has 0 bridgehead atoms. The lowest BCUT2D eigenvalue weighted by atomic mass is 9.58. The van der Waals surface area contributed by atoms with Gasteiger partial charge in [-0.2, -0.15) is 0 Å². The van der Waals surface area contributed by atoms with Crippen LogP contribution in [0.4, 0.5) is 0 Å². The van der Waals surface area contributed by atoms with E-state index in [2.05, 4.69) is 4.98 Å². The van der Waals surface area contributed by atoms with Crippen molar-refractivity contribution in [3.63, 3.8) is 0 Å². The maximum absolute atomic E-state index is 13.0. The molecular weight excluding hydrogens is 532 g/mol. The zero-order chi connectivity index (χ0) is 30.5. The van der Waals surface area contributed by atoms with Gasteiger partial charge in [-0.15, -0.1) is 0 Å². The number of nitrogens with zero attached hydrogens (tertiary/aromatic N) is 2. The van der Waals surface area contributed by atoms with Crippen molar-refractivity contribution in [2.45, 2.75) is 103 Å². The summed E-state index contributed by atoms with van der Waals surface area (Å²) in [7, 11) is 0. The first kappa shape index (κ1) is 31.0. The highest BCUT2D eigenvalue weighted by Crippen LogP contribution is 2.77. The second-order valence-corrected chi connectivity index (χ2v) is 12.7. The number of ether oxygens (including phenoxy) is 3. The summed E-state index contributed by atoms with van der Waals surface area (Å²) in [5.74, 6) is -4.68. The number of carbonyl (C=O) groups is 2. The smallest absolute Gasteiger partial charge is 0.429 e. The van der Waals surface area contributed by atoms with Crippen LogP contribution in [0.3, 0.4) is 0 Å². The van der Waals surface area contributed by atoms with Crippen LogP contribution in [0.25, 0.3) is 4.98 Å². The minimum atomic E-state index is -1.84. The summed E-state index contributed by atoms with van der Waals surface area (Å²) < 4.78 is 17.9. The molecule has 11 heteroatoms. The van der Waals surface area contributed by atoms with Gasteiger partial charge < -0.3 is 34.6 Å². The van der Waals surface area contributed by atoms with E-state index in [9.17, 15) is 30.0 Å². The Labute approximate surface area is 240 Å². The van der Waals surface area contributed by atoms with E-state index in [1.807, 2.05) is 27.7 Å². The summed E-state index contributed by atoms with van der Waals surface area (Å²) in [5.41, 5.74) is -4.60. The van der Waals surface area contributed by atoms with Crippen molar-refractivity contribution >= 4 is 11.9 Å². The lowest BCUT2D eigenvalue weighted by Gasteiger charge is -2.53. The SMILES string of the molecule is CCCC(=O)O[C@@H]1[C@@H](C)[C@]2(O)[C@@H]3C=C(C)[C@H](O/C(O)=C\[N+]#N)[C@@]3(O)CC(CO)=C[C@H]2[C@@H]2C(C)(C)[C@]12OC(=O)CCC. The van der Waals surface area contributed by atoms with E-state index in [1.54, 1.807) is 26.0 Å². The summed E-state index contributed by atoms with van der Waals surface area (Å²) >= 11 is 0. The van der Waals surface area contributed by atoms with E-state index >= 15 is 0 Å².